The van der Waals surface area contributed by atoms with Crippen LogP contribution in [0.15, 0.2) is 0 Å². The summed E-state index contributed by atoms with van der Waals surface area (Å²) in [6.45, 7) is 7.75. The zero-order chi connectivity index (χ0) is 11.7. The van der Waals surface area contributed by atoms with Crippen LogP contribution in [0.5, 0.6) is 0 Å². The van der Waals surface area contributed by atoms with E-state index in [4.69, 9.17) is 10.5 Å². The van der Waals surface area contributed by atoms with Gasteiger partial charge in [-0.1, -0.05) is 6.92 Å². The van der Waals surface area contributed by atoms with Gasteiger partial charge in [-0.15, -0.1) is 0 Å². The Morgan fingerprint density at radius 1 is 1.33 bits per heavy atom. The zero-order valence-corrected chi connectivity index (χ0v) is 10.1. The standard InChI is InChI=1S/C11H24N2O2/c1-9(2)15-7-5-4-6-13-11(14)10(3)8-12/h9-10H,4-8,12H2,1-3H3,(H,13,14). The van der Waals surface area contributed by atoms with E-state index in [1.807, 2.05) is 20.8 Å². The first kappa shape index (κ1) is 14.4. The zero-order valence-electron chi connectivity index (χ0n) is 10.1. The minimum atomic E-state index is -0.0862. The fourth-order valence-electron chi connectivity index (χ4n) is 1.04. The van der Waals surface area contributed by atoms with Crippen LogP contribution < -0.4 is 11.1 Å². The molecular formula is C11H24N2O2. The van der Waals surface area contributed by atoms with Gasteiger partial charge in [-0.2, -0.15) is 0 Å². The number of amides is 1. The summed E-state index contributed by atoms with van der Waals surface area (Å²) >= 11 is 0. The van der Waals surface area contributed by atoms with E-state index >= 15 is 0 Å². The van der Waals surface area contributed by atoms with Gasteiger partial charge in [-0.25, -0.2) is 0 Å². The second-order valence-corrected chi connectivity index (χ2v) is 4.05. The van der Waals surface area contributed by atoms with Crippen molar-refractivity contribution in [2.24, 2.45) is 11.7 Å². The second-order valence-electron chi connectivity index (χ2n) is 4.05. The van der Waals surface area contributed by atoms with E-state index in [-0.39, 0.29) is 17.9 Å². The summed E-state index contributed by atoms with van der Waals surface area (Å²) < 4.78 is 5.38. The predicted molar refractivity (Wildman–Crippen MR) is 61.6 cm³/mol. The van der Waals surface area contributed by atoms with Gasteiger partial charge in [0.2, 0.25) is 5.91 Å². The second kappa shape index (κ2) is 8.68. The highest BCUT2D eigenvalue weighted by molar-refractivity contribution is 5.78. The average molecular weight is 216 g/mol. The number of rotatable bonds is 8. The number of unbranched alkanes of at least 4 members (excludes halogenated alkanes) is 1. The number of carbonyl (C=O) groups excluding carboxylic acids is 1. The lowest BCUT2D eigenvalue weighted by atomic mass is 10.1. The summed E-state index contributed by atoms with van der Waals surface area (Å²) in [4.78, 5) is 11.3. The van der Waals surface area contributed by atoms with Crippen molar-refractivity contribution in [1.29, 1.82) is 0 Å². The van der Waals surface area contributed by atoms with Gasteiger partial charge in [0.1, 0.15) is 0 Å². The molecule has 4 heteroatoms. The van der Waals surface area contributed by atoms with Gasteiger partial charge in [0.25, 0.3) is 0 Å². The van der Waals surface area contributed by atoms with Gasteiger partial charge in [0.15, 0.2) is 0 Å². The van der Waals surface area contributed by atoms with E-state index in [1.165, 1.54) is 0 Å². The van der Waals surface area contributed by atoms with Crippen LogP contribution >= 0.6 is 0 Å². The van der Waals surface area contributed by atoms with Crippen molar-refractivity contribution in [3.63, 3.8) is 0 Å². The highest BCUT2D eigenvalue weighted by Gasteiger charge is 2.08. The average Bonchev–Trinajstić information content (AvgIpc) is 2.21. The first-order chi connectivity index (χ1) is 7.07. The third-order valence-electron chi connectivity index (χ3n) is 2.12. The van der Waals surface area contributed by atoms with Crippen LogP contribution in [0.1, 0.15) is 33.6 Å². The third kappa shape index (κ3) is 8.39. The lowest BCUT2D eigenvalue weighted by molar-refractivity contribution is -0.124. The first-order valence-corrected chi connectivity index (χ1v) is 5.67. The van der Waals surface area contributed by atoms with E-state index < -0.39 is 0 Å². The van der Waals surface area contributed by atoms with Gasteiger partial charge in [0, 0.05) is 25.6 Å². The monoisotopic (exact) mass is 216 g/mol. The molecule has 0 saturated carbocycles. The van der Waals surface area contributed by atoms with Crippen LogP contribution in [0.4, 0.5) is 0 Å². The first-order valence-electron chi connectivity index (χ1n) is 5.67. The third-order valence-corrected chi connectivity index (χ3v) is 2.12. The Morgan fingerprint density at radius 2 is 2.00 bits per heavy atom. The molecular weight excluding hydrogens is 192 g/mol. The minimum absolute atomic E-state index is 0.0438. The number of hydrogen-bond acceptors (Lipinski definition) is 3. The van der Waals surface area contributed by atoms with Gasteiger partial charge >= 0.3 is 0 Å². The van der Waals surface area contributed by atoms with Crippen molar-refractivity contribution in [2.75, 3.05) is 19.7 Å². The van der Waals surface area contributed by atoms with Crippen LogP contribution in [0.3, 0.4) is 0 Å². The van der Waals surface area contributed by atoms with E-state index in [2.05, 4.69) is 5.32 Å². The molecule has 0 spiro atoms. The Hall–Kier alpha value is -0.610. The Kier molecular flexibility index (Phi) is 8.33. The molecule has 4 nitrogen and oxygen atoms in total. The van der Waals surface area contributed by atoms with Gasteiger partial charge in [0.05, 0.1) is 6.10 Å². The molecule has 15 heavy (non-hydrogen) atoms. The molecule has 0 aliphatic rings. The molecule has 0 fully saturated rings. The van der Waals surface area contributed by atoms with E-state index in [1.54, 1.807) is 0 Å². The summed E-state index contributed by atoms with van der Waals surface area (Å²) in [6, 6.07) is 0. The number of nitrogens with one attached hydrogen (secondary N) is 1. The van der Waals surface area contributed by atoms with E-state index in [0.29, 0.717) is 13.1 Å². The van der Waals surface area contributed by atoms with Gasteiger partial charge in [-0.05, 0) is 26.7 Å². The molecule has 3 N–H and O–H groups in total. The van der Waals surface area contributed by atoms with Crippen LogP contribution in [0.25, 0.3) is 0 Å². The molecule has 90 valence electrons. The fraction of sp³-hybridized carbons (Fsp3) is 0.909. The Labute approximate surface area is 92.6 Å². The Morgan fingerprint density at radius 3 is 2.53 bits per heavy atom. The molecule has 0 aromatic rings. The van der Waals surface area contributed by atoms with Crippen molar-refractivity contribution in [1.82, 2.24) is 5.32 Å². The normalized spacial score (nSPS) is 12.9. The maximum atomic E-state index is 11.3. The summed E-state index contributed by atoms with van der Waals surface area (Å²) in [5, 5.41) is 2.85. The largest absolute Gasteiger partial charge is 0.379 e. The van der Waals surface area contributed by atoms with Gasteiger partial charge in [-0.3, -0.25) is 4.79 Å². The molecule has 0 radical (unpaired) electrons. The number of carbonyl (C=O) groups is 1. The summed E-state index contributed by atoms with van der Waals surface area (Å²) in [6.07, 6.45) is 2.22. The molecule has 0 saturated heterocycles. The molecule has 0 heterocycles. The molecule has 0 aliphatic carbocycles. The molecule has 1 atom stereocenters. The molecule has 1 unspecified atom stereocenters. The maximum Gasteiger partial charge on any atom is 0.224 e. The molecule has 1 amide bonds. The van der Waals surface area contributed by atoms with Crippen LogP contribution in [0, 0.1) is 5.92 Å². The highest BCUT2D eigenvalue weighted by atomic mass is 16.5. The Bertz CT molecular complexity index is 172. The molecule has 0 bridgehead atoms. The quantitative estimate of drug-likeness (QED) is 0.593. The molecule has 0 aromatic heterocycles. The minimum Gasteiger partial charge on any atom is -0.379 e. The number of ether oxygens (including phenoxy) is 1. The van der Waals surface area contributed by atoms with E-state index in [9.17, 15) is 4.79 Å². The van der Waals surface area contributed by atoms with E-state index in [0.717, 1.165) is 19.4 Å². The summed E-state index contributed by atoms with van der Waals surface area (Å²) in [5.41, 5.74) is 5.38. The topological polar surface area (TPSA) is 64.3 Å². The smallest absolute Gasteiger partial charge is 0.224 e. The number of hydrogen-bond donors (Lipinski definition) is 2. The van der Waals surface area contributed by atoms with Crippen LogP contribution in [0.2, 0.25) is 0 Å². The van der Waals surface area contributed by atoms with Crippen LogP contribution in [-0.2, 0) is 9.53 Å². The summed E-state index contributed by atoms with van der Waals surface area (Å²) in [5.74, 6) is -0.0424. The predicted octanol–water partition coefficient (Wildman–Crippen LogP) is 0.903. The lowest BCUT2D eigenvalue weighted by Crippen LogP contribution is -2.33. The molecule has 0 aliphatic heterocycles. The van der Waals surface area contributed by atoms with Crippen molar-refractivity contribution in [2.45, 2.75) is 39.7 Å². The van der Waals surface area contributed by atoms with Crippen molar-refractivity contribution in [3.8, 4) is 0 Å². The summed E-state index contributed by atoms with van der Waals surface area (Å²) in [7, 11) is 0. The van der Waals surface area contributed by atoms with Gasteiger partial charge < -0.3 is 15.8 Å². The number of nitrogens with two attached hydrogens (primary N) is 1. The fourth-order valence-corrected chi connectivity index (χ4v) is 1.04. The SMILES string of the molecule is CC(C)OCCCCNC(=O)C(C)CN. The molecule has 0 aromatic carbocycles. The van der Waals surface area contributed by atoms with Crippen molar-refractivity contribution in [3.05, 3.63) is 0 Å². The highest BCUT2D eigenvalue weighted by Crippen LogP contribution is 1.95. The van der Waals surface area contributed by atoms with Crippen molar-refractivity contribution >= 4 is 5.91 Å². The van der Waals surface area contributed by atoms with Crippen LogP contribution in [-0.4, -0.2) is 31.7 Å². The molecule has 0 rings (SSSR count). The Balaban J connectivity index is 3.27. The van der Waals surface area contributed by atoms with Crippen molar-refractivity contribution < 1.29 is 9.53 Å². The lowest BCUT2D eigenvalue weighted by Gasteiger charge is -2.10. The maximum absolute atomic E-state index is 11.3.